The topological polar surface area (TPSA) is 55.1 Å². The molecule has 0 aliphatic rings. The van der Waals surface area contributed by atoms with Crippen molar-refractivity contribution < 1.29 is 4.79 Å². The van der Waals surface area contributed by atoms with E-state index in [1.54, 1.807) is 6.92 Å². The highest BCUT2D eigenvalue weighted by molar-refractivity contribution is 7.98. The lowest BCUT2D eigenvalue weighted by molar-refractivity contribution is -0.121. The summed E-state index contributed by atoms with van der Waals surface area (Å²) in [7, 11) is 0. The third-order valence-corrected chi connectivity index (χ3v) is 2.18. The quantitative estimate of drug-likeness (QED) is 0.603. The molecule has 0 aromatic carbocycles. The molecule has 4 heteroatoms. The van der Waals surface area contributed by atoms with Crippen LogP contribution >= 0.6 is 11.8 Å². The molecular formula is C8H18N2OS. The molecule has 0 aliphatic heterocycles. The standard InChI is InChI=1S/C8H18N2OS/c1-7(9)8(11)10-5-3-4-6-12-2/h7H,3-6,9H2,1-2H3,(H,10,11)/t7-/m0/s1. The molecule has 0 aromatic rings. The summed E-state index contributed by atoms with van der Waals surface area (Å²) in [4.78, 5) is 10.9. The predicted octanol–water partition coefficient (Wildman–Crippen LogP) is 0.593. The van der Waals surface area contributed by atoms with Gasteiger partial charge in [0, 0.05) is 6.54 Å². The Labute approximate surface area is 78.5 Å². The Kier molecular flexibility index (Phi) is 7.29. The van der Waals surface area contributed by atoms with E-state index < -0.39 is 0 Å². The summed E-state index contributed by atoms with van der Waals surface area (Å²) in [6.07, 6.45) is 4.28. The highest BCUT2D eigenvalue weighted by Gasteiger charge is 2.04. The first kappa shape index (κ1) is 11.8. The SMILES string of the molecule is CSCCCCNC(=O)[C@H](C)N. The van der Waals surface area contributed by atoms with Crippen molar-refractivity contribution in [3.8, 4) is 0 Å². The second-order valence-electron chi connectivity index (χ2n) is 2.78. The van der Waals surface area contributed by atoms with Gasteiger partial charge in [-0.2, -0.15) is 11.8 Å². The maximum absolute atomic E-state index is 10.9. The van der Waals surface area contributed by atoms with E-state index in [2.05, 4.69) is 11.6 Å². The molecule has 1 amide bonds. The van der Waals surface area contributed by atoms with Crippen LogP contribution in [0.15, 0.2) is 0 Å². The fraction of sp³-hybridized carbons (Fsp3) is 0.875. The van der Waals surface area contributed by atoms with Crippen LogP contribution in [0, 0.1) is 0 Å². The minimum Gasteiger partial charge on any atom is -0.355 e. The minimum atomic E-state index is -0.384. The van der Waals surface area contributed by atoms with Crippen molar-refractivity contribution in [2.75, 3.05) is 18.6 Å². The van der Waals surface area contributed by atoms with Gasteiger partial charge in [0.2, 0.25) is 5.91 Å². The van der Waals surface area contributed by atoms with Gasteiger partial charge in [-0.05, 0) is 31.8 Å². The summed E-state index contributed by atoms with van der Waals surface area (Å²) in [6, 6.07) is -0.384. The molecule has 0 fully saturated rings. The Hall–Kier alpha value is -0.220. The van der Waals surface area contributed by atoms with E-state index in [1.165, 1.54) is 0 Å². The Morgan fingerprint density at radius 2 is 2.25 bits per heavy atom. The monoisotopic (exact) mass is 190 g/mol. The van der Waals surface area contributed by atoms with Gasteiger partial charge in [0.15, 0.2) is 0 Å². The molecule has 0 aliphatic carbocycles. The smallest absolute Gasteiger partial charge is 0.236 e. The van der Waals surface area contributed by atoms with Gasteiger partial charge in [-0.3, -0.25) is 4.79 Å². The van der Waals surface area contributed by atoms with Crippen molar-refractivity contribution in [3.05, 3.63) is 0 Å². The predicted molar refractivity (Wildman–Crippen MR) is 54.3 cm³/mol. The fourth-order valence-corrected chi connectivity index (χ4v) is 1.24. The molecule has 1 atom stereocenters. The largest absolute Gasteiger partial charge is 0.355 e. The van der Waals surface area contributed by atoms with Crippen LogP contribution in [0.25, 0.3) is 0 Å². The van der Waals surface area contributed by atoms with E-state index in [1.807, 2.05) is 11.8 Å². The number of carbonyl (C=O) groups excluding carboxylic acids is 1. The zero-order chi connectivity index (χ0) is 9.40. The first-order valence-electron chi connectivity index (χ1n) is 4.20. The molecule has 0 heterocycles. The maximum Gasteiger partial charge on any atom is 0.236 e. The Morgan fingerprint density at radius 3 is 2.75 bits per heavy atom. The third-order valence-electron chi connectivity index (χ3n) is 1.49. The number of amides is 1. The highest BCUT2D eigenvalue weighted by Crippen LogP contribution is 1.97. The lowest BCUT2D eigenvalue weighted by Gasteiger charge is -2.06. The fourth-order valence-electron chi connectivity index (χ4n) is 0.744. The number of thioether (sulfide) groups is 1. The lowest BCUT2D eigenvalue weighted by Crippen LogP contribution is -2.38. The lowest BCUT2D eigenvalue weighted by atomic mass is 10.3. The first-order chi connectivity index (χ1) is 5.68. The zero-order valence-electron chi connectivity index (χ0n) is 7.80. The summed E-state index contributed by atoms with van der Waals surface area (Å²) in [5.41, 5.74) is 5.36. The van der Waals surface area contributed by atoms with Gasteiger partial charge in [-0.1, -0.05) is 0 Å². The van der Waals surface area contributed by atoms with Crippen molar-refractivity contribution in [1.29, 1.82) is 0 Å². The van der Waals surface area contributed by atoms with Gasteiger partial charge in [-0.25, -0.2) is 0 Å². The number of rotatable bonds is 6. The number of nitrogens with two attached hydrogens (primary N) is 1. The van der Waals surface area contributed by atoms with Crippen LogP contribution in [0.4, 0.5) is 0 Å². The van der Waals surface area contributed by atoms with Crippen molar-refractivity contribution in [2.45, 2.75) is 25.8 Å². The van der Waals surface area contributed by atoms with Crippen LogP contribution in [-0.4, -0.2) is 30.5 Å². The molecular weight excluding hydrogens is 172 g/mol. The second-order valence-corrected chi connectivity index (χ2v) is 3.77. The van der Waals surface area contributed by atoms with Crippen molar-refractivity contribution in [1.82, 2.24) is 5.32 Å². The summed E-state index contributed by atoms with van der Waals surface area (Å²) >= 11 is 1.83. The minimum absolute atomic E-state index is 0.0563. The van der Waals surface area contributed by atoms with Gasteiger partial charge >= 0.3 is 0 Å². The number of carbonyl (C=O) groups is 1. The molecule has 0 radical (unpaired) electrons. The second kappa shape index (κ2) is 7.43. The van der Waals surface area contributed by atoms with Crippen molar-refractivity contribution in [2.24, 2.45) is 5.73 Å². The molecule has 0 rings (SSSR count). The molecule has 3 N–H and O–H groups in total. The maximum atomic E-state index is 10.9. The van der Waals surface area contributed by atoms with E-state index in [9.17, 15) is 4.79 Å². The van der Waals surface area contributed by atoms with Gasteiger partial charge in [0.1, 0.15) is 0 Å². The highest BCUT2D eigenvalue weighted by atomic mass is 32.2. The Bertz CT molecular complexity index is 128. The van der Waals surface area contributed by atoms with Crippen LogP contribution in [0.1, 0.15) is 19.8 Å². The zero-order valence-corrected chi connectivity index (χ0v) is 8.62. The summed E-state index contributed by atoms with van der Waals surface area (Å²) in [5, 5.41) is 2.77. The van der Waals surface area contributed by atoms with Crippen LogP contribution < -0.4 is 11.1 Å². The number of nitrogens with one attached hydrogen (secondary N) is 1. The van der Waals surface area contributed by atoms with E-state index in [0.717, 1.165) is 25.1 Å². The molecule has 0 spiro atoms. The number of hydrogen-bond acceptors (Lipinski definition) is 3. The average molecular weight is 190 g/mol. The van der Waals surface area contributed by atoms with E-state index in [4.69, 9.17) is 5.73 Å². The Balaban J connectivity index is 3.14. The van der Waals surface area contributed by atoms with Crippen LogP contribution in [0.2, 0.25) is 0 Å². The summed E-state index contributed by atoms with van der Waals surface area (Å²) in [6.45, 7) is 2.44. The van der Waals surface area contributed by atoms with Gasteiger partial charge in [0.25, 0.3) is 0 Å². The van der Waals surface area contributed by atoms with E-state index in [0.29, 0.717) is 0 Å². The Morgan fingerprint density at radius 1 is 1.58 bits per heavy atom. The van der Waals surface area contributed by atoms with Crippen LogP contribution in [0.3, 0.4) is 0 Å². The molecule has 0 bridgehead atoms. The number of hydrogen-bond donors (Lipinski definition) is 2. The van der Waals surface area contributed by atoms with Gasteiger partial charge < -0.3 is 11.1 Å². The molecule has 12 heavy (non-hydrogen) atoms. The molecule has 0 saturated carbocycles. The molecule has 3 nitrogen and oxygen atoms in total. The summed E-state index contributed by atoms with van der Waals surface area (Å²) in [5.74, 6) is 1.10. The van der Waals surface area contributed by atoms with Crippen molar-refractivity contribution >= 4 is 17.7 Å². The average Bonchev–Trinajstić information content (AvgIpc) is 2.03. The van der Waals surface area contributed by atoms with E-state index >= 15 is 0 Å². The summed E-state index contributed by atoms with van der Waals surface area (Å²) < 4.78 is 0. The molecule has 72 valence electrons. The molecule has 0 unspecified atom stereocenters. The first-order valence-corrected chi connectivity index (χ1v) is 5.60. The molecule has 0 aromatic heterocycles. The normalized spacial score (nSPS) is 12.6. The van der Waals surface area contributed by atoms with Gasteiger partial charge in [-0.15, -0.1) is 0 Å². The van der Waals surface area contributed by atoms with Gasteiger partial charge in [0.05, 0.1) is 6.04 Å². The number of unbranched alkanes of at least 4 members (excludes halogenated alkanes) is 1. The van der Waals surface area contributed by atoms with Crippen LogP contribution in [-0.2, 0) is 4.79 Å². The van der Waals surface area contributed by atoms with E-state index in [-0.39, 0.29) is 11.9 Å². The van der Waals surface area contributed by atoms with Crippen LogP contribution in [0.5, 0.6) is 0 Å². The van der Waals surface area contributed by atoms with Crippen molar-refractivity contribution in [3.63, 3.8) is 0 Å². The third kappa shape index (κ3) is 6.49. The molecule has 0 saturated heterocycles.